The van der Waals surface area contributed by atoms with Crippen molar-refractivity contribution in [2.45, 2.75) is 36.9 Å². The van der Waals surface area contributed by atoms with Gasteiger partial charge in [0.15, 0.2) is 5.82 Å². The third-order valence-electron chi connectivity index (χ3n) is 8.96. The summed E-state index contributed by atoms with van der Waals surface area (Å²) in [6.45, 7) is 4.61. The number of hydrogen-bond donors (Lipinski definition) is 2. The smallest absolute Gasteiger partial charge is 0.352 e. The van der Waals surface area contributed by atoms with Crippen molar-refractivity contribution >= 4 is 45.4 Å². The summed E-state index contributed by atoms with van der Waals surface area (Å²) in [5.41, 5.74) is -5.05. The number of carbonyl (C=O) groups is 1. The van der Waals surface area contributed by atoms with Crippen LogP contribution in [0.5, 0.6) is 0 Å². The van der Waals surface area contributed by atoms with Crippen LogP contribution >= 0.6 is 11.8 Å². The van der Waals surface area contributed by atoms with Gasteiger partial charge in [0.1, 0.15) is 17.2 Å². The van der Waals surface area contributed by atoms with Crippen LogP contribution in [0.3, 0.4) is 0 Å². The third kappa shape index (κ3) is 4.34. The van der Waals surface area contributed by atoms with Crippen LogP contribution in [0.4, 0.5) is 27.8 Å². The van der Waals surface area contributed by atoms with Gasteiger partial charge in [0.2, 0.25) is 5.91 Å². The van der Waals surface area contributed by atoms with Gasteiger partial charge in [-0.25, -0.2) is 18.4 Å². The zero-order valence-electron chi connectivity index (χ0n) is 23.1. The Hall–Kier alpha value is -4.14. The van der Waals surface area contributed by atoms with E-state index in [0.717, 1.165) is 37.1 Å². The summed E-state index contributed by atoms with van der Waals surface area (Å²) in [5.74, 6) is -2.31. The number of piperazine rings is 1. The molecule has 15 heteroatoms. The summed E-state index contributed by atoms with van der Waals surface area (Å²) in [6.07, 6.45) is -1.43. The highest BCUT2D eigenvalue weighted by atomic mass is 32.2. The van der Waals surface area contributed by atoms with Crippen molar-refractivity contribution in [1.29, 1.82) is 0 Å². The predicted octanol–water partition coefficient (Wildman–Crippen LogP) is 4.64. The largest absolute Gasteiger partial charge is 0.417 e. The van der Waals surface area contributed by atoms with Crippen molar-refractivity contribution in [3.05, 3.63) is 63.0 Å². The van der Waals surface area contributed by atoms with E-state index in [4.69, 9.17) is 0 Å². The maximum atomic E-state index is 15.7. The second-order valence-electron chi connectivity index (χ2n) is 11.5. The number of carbonyl (C=O) groups excluding carboxylic acids is 1. The fraction of sp³-hybridized carbons (Fsp3) is 0.379. The molecule has 2 fully saturated rings. The van der Waals surface area contributed by atoms with Gasteiger partial charge < -0.3 is 19.8 Å². The molecule has 7 rings (SSSR count). The quantitative estimate of drug-likeness (QED) is 0.252. The molecule has 1 saturated carbocycles. The van der Waals surface area contributed by atoms with E-state index in [9.17, 15) is 18.8 Å². The Balaban J connectivity index is 1.56. The van der Waals surface area contributed by atoms with Crippen LogP contribution in [-0.4, -0.2) is 62.3 Å². The highest BCUT2D eigenvalue weighted by Crippen LogP contribution is 2.54. The number of alkyl halides is 3. The van der Waals surface area contributed by atoms with E-state index < -0.39 is 56.9 Å². The van der Waals surface area contributed by atoms with E-state index in [1.54, 1.807) is 9.80 Å². The second-order valence-corrected chi connectivity index (χ2v) is 12.5. The number of imidazole rings is 1. The first-order chi connectivity index (χ1) is 20.9. The van der Waals surface area contributed by atoms with E-state index in [1.807, 2.05) is 0 Å². The van der Waals surface area contributed by atoms with E-state index >= 15 is 17.6 Å². The third-order valence-corrected chi connectivity index (χ3v) is 10.4. The average Bonchev–Trinajstić information content (AvgIpc) is 3.25. The van der Waals surface area contributed by atoms with Crippen molar-refractivity contribution in [1.82, 2.24) is 24.4 Å². The Labute approximate surface area is 249 Å². The van der Waals surface area contributed by atoms with Crippen LogP contribution in [-0.2, 0) is 17.5 Å². The Bertz CT molecular complexity index is 2000. The fourth-order valence-corrected chi connectivity index (χ4v) is 8.16. The fourth-order valence-electron chi connectivity index (χ4n) is 6.62. The monoisotopic (exact) mass is 632 g/mol. The van der Waals surface area contributed by atoms with Gasteiger partial charge in [-0.2, -0.15) is 18.2 Å². The minimum Gasteiger partial charge on any atom is -0.352 e. The topological polar surface area (TPSA) is 107 Å². The number of fused-ring (bicyclic) bond motifs is 1. The van der Waals surface area contributed by atoms with Crippen molar-refractivity contribution in [2.24, 2.45) is 5.41 Å². The molecular weight excluding hydrogens is 607 g/mol. The molecule has 1 aliphatic carbocycles. The lowest BCUT2D eigenvalue weighted by Gasteiger charge is -2.41. The predicted molar refractivity (Wildman–Crippen MR) is 155 cm³/mol. The molecule has 230 valence electrons. The number of benzene rings is 2. The lowest BCUT2D eigenvalue weighted by Crippen LogP contribution is -2.49. The Morgan fingerprint density at radius 2 is 1.73 bits per heavy atom. The number of amides is 1. The van der Waals surface area contributed by atoms with Gasteiger partial charge in [-0.15, -0.1) is 11.8 Å². The minimum atomic E-state index is -5.02. The van der Waals surface area contributed by atoms with Crippen molar-refractivity contribution in [3.63, 3.8) is 0 Å². The van der Waals surface area contributed by atoms with E-state index in [0.29, 0.717) is 11.8 Å². The van der Waals surface area contributed by atoms with E-state index in [-0.39, 0.29) is 65.7 Å². The number of nitrogens with one attached hydrogen (secondary N) is 2. The van der Waals surface area contributed by atoms with Gasteiger partial charge in [-0.1, -0.05) is 13.0 Å². The molecule has 1 amide bonds. The highest BCUT2D eigenvalue weighted by molar-refractivity contribution is 7.99. The van der Waals surface area contributed by atoms with E-state index in [1.165, 1.54) is 10.6 Å². The Kier molecular flexibility index (Phi) is 6.47. The standard InChI is InChI=1S/C29H25F5N6O3S/c1-2-18(41)38-6-8-39(9-7-38)25-14-10-15(29(32,33)34)19(20-16(30)11-17(31)21-22(20)36-26(42)35-21)24-23(14)40(27(43)37-25)12-28(13-44-24)4-3-5-28/h2,10-11H,1,3-9,12-13H2,(H2,35,36,42). The maximum Gasteiger partial charge on any atom is 0.417 e. The van der Waals surface area contributed by atoms with Gasteiger partial charge >= 0.3 is 17.6 Å². The first-order valence-corrected chi connectivity index (χ1v) is 15.0. The number of anilines is 1. The Morgan fingerprint density at radius 1 is 1.02 bits per heavy atom. The van der Waals surface area contributed by atoms with Crippen LogP contribution in [0.2, 0.25) is 0 Å². The molecule has 4 heterocycles. The number of aromatic amines is 2. The van der Waals surface area contributed by atoms with Crippen molar-refractivity contribution < 1.29 is 26.7 Å². The van der Waals surface area contributed by atoms with Crippen LogP contribution in [0.15, 0.2) is 39.3 Å². The molecule has 1 saturated heterocycles. The zero-order valence-corrected chi connectivity index (χ0v) is 23.9. The molecule has 3 aliphatic rings. The molecule has 44 heavy (non-hydrogen) atoms. The molecule has 0 atom stereocenters. The zero-order chi connectivity index (χ0) is 31.1. The molecule has 0 radical (unpaired) electrons. The average molecular weight is 633 g/mol. The molecule has 0 bridgehead atoms. The summed E-state index contributed by atoms with van der Waals surface area (Å²) in [4.78, 5) is 50.0. The van der Waals surface area contributed by atoms with E-state index in [2.05, 4.69) is 21.5 Å². The van der Waals surface area contributed by atoms with Gasteiger partial charge in [-0.3, -0.25) is 9.36 Å². The van der Waals surface area contributed by atoms with Crippen LogP contribution < -0.4 is 16.3 Å². The van der Waals surface area contributed by atoms with Crippen molar-refractivity contribution in [2.75, 3.05) is 36.8 Å². The summed E-state index contributed by atoms with van der Waals surface area (Å²) < 4.78 is 76.9. The highest BCUT2D eigenvalue weighted by Gasteiger charge is 2.44. The van der Waals surface area contributed by atoms with Crippen molar-refractivity contribution in [3.8, 4) is 11.1 Å². The maximum absolute atomic E-state index is 15.7. The van der Waals surface area contributed by atoms with Crippen LogP contribution in [0.1, 0.15) is 24.8 Å². The van der Waals surface area contributed by atoms with Gasteiger partial charge in [-0.05, 0) is 30.4 Å². The molecular formula is C29H25F5N6O3S. The molecule has 0 unspecified atom stereocenters. The minimum absolute atomic E-state index is 0.00804. The molecule has 2 aromatic heterocycles. The van der Waals surface area contributed by atoms with Gasteiger partial charge in [0.05, 0.1) is 16.6 Å². The molecule has 9 nitrogen and oxygen atoms in total. The summed E-state index contributed by atoms with van der Waals surface area (Å²) in [7, 11) is 0. The number of H-pyrrole nitrogens is 2. The number of halogens is 5. The molecule has 4 aromatic rings. The van der Waals surface area contributed by atoms with Gasteiger partial charge in [0.25, 0.3) is 0 Å². The first-order valence-electron chi connectivity index (χ1n) is 14.0. The summed E-state index contributed by atoms with van der Waals surface area (Å²) in [6, 6.07) is 1.31. The second kappa shape index (κ2) is 9.94. The van der Waals surface area contributed by atoms with Crippen LogP contribution in [0.25, 0.3) is 33.1 Å². The molecule has 2 N–H and O–H groups in total. The SMILES string of the molecule is C=CC(=O)N1CCN(c2nc(=O)n3c4c(c(-c5c(F)cc(F)c6[nH]c(=O)[nH]c56)c(C(F)(F)F)cc24)SCC2(CCC2)C3)CC1. The number of aromatic nitrogens is 4. The molecule has 2 aliphatic heterocycles. The Morgan fingerprint density at radius 3 is 2.36 bits per heavy atom. The number of nitrogens with zero attached hydrogens (tertiary/aromatic N) is 4. The first kappa shape index (κ1) is 28.6. The van der Waals surface area contributed by atoms with Crippen LogP contribution in [0, 0.1) is 17.0 Å². The lowest BCUT2D eigenvalue weighted by atomic mass is 9.70. The number of thioether (sulfide) groups is 1. The number of rotatable bonds is 3. The lowest BCUT2D eigenvalue weighted by molar-refractivity contribution is -0.137. The van der Waals surface area contributed by atoms with Gasteiger partial charge in [0, 0.05) is 66.0 Å². The molecule has 2 aromatic carbocycles. The number of hydrogen-bond acceptors (Lipinski definition) is 6. The summed E-state index contributed by atoms with van der Waals surface area (Å²) >= 11 is 1.10. The normalized spacial score (nSPS) is 18.1. The summed E-state index contributed by atoms with van der Waals surface area (Å²) in [5, 5.41) is 0.0596. The molecule has 1 spiro atoms.